The van der Waals surface area contributed by atoms with Crippen molar-refractivity contribution in [2.75, 3.05) is 17.7 Å². The lowest BCUT2D eigenvalue weighted by atomic mass is 10.2. The molecule has 2 aromatic rings. The standard InChI is InChI=1S/C20H22BrF3N2O4S2/c1-12(2)26(17-9-6-14(30-4)10-13(17)3)32(28,29)15-7-8-16(21)18(11-15)31(5)25-19(27)20(22,23)24/h6-12H,1-5H3. The molecule has 0 fully saturated rings. The number of sulfonamides is 1. The number of alkyl halides is 3. The summed E-state index contributed by atoms with van der Waals surface area (Å²) in [5, 5.41) is 0. The third-order valence-electron chi connectivity index (χ3n) is 4.35. The number of anilines is 1. The van der Waals surface area contributed by atoms with Crippen molar-refractivity contribution in [1.82, 2.24) is 0 Å². The van der Waals surface area contributed by atoms with Gasteiger partial charge in [0.05, 0.1) is 17.7 Å². The lowest BCUT2D eigenvalue weighted by Gasteiger charge is -2.30. The molecular weight excluding hydrogens is 533 g/mol. The quantitative estimate of drug-likeness (QED) is 0.488. The number of hydrogen-bond donors (Lipinski definition) is 0. The zero-order valence-electron chi connectivity index (χ0n) is 17.9. The van der Waals surface area contributed by atoms with Gasteiger partial charge in [-0.2, -0.15) is 17.5 Å². The van der Waals surface area contributed by atoms with E-state index in [0.29, 0.717) is 21.5 Å². The Labute approximate surface area is 196 Å². The van der Waals surface area contributed by atoms with Gasteiger partial charge >= 0.3 is 12.1 Å². The summed E-state index contributed by atoms with van der Waals surface area (Å²) >= 11 is 3.21. The van der Waals surface area contributed by atoms with E-state index in [1.165, 1.54) is 35.9 Å². The number of nitrogens with zero attached hydrogens (tertiary/aromatic N) is 2. The molecule has 176 valence electrons. The van der Waals surface area contributed by atoms with Crippen LogP contribution in [0, 0.1) is 6.92 Å². The Morgan fingerprint density at radius 3 is 2.31 bits per heavy atom. The van der Waals surface area contributed by atoms with Crippen molar-refractivity contribution in [1.29, 1.82) is 0 Å². The molecule has 0 saturated heterocycles. The van der Waals surface area contributed by atoms with Crippen LogP contribution in [-0.4, -0.2) is 39.9 Å². The van der Waals surface area contributed by atoms with E-state index in [4.69, 9.17) is 4.74 Å². The lowest BCUT2D eigenvalue weighted by molar-refractivity contribution is -0.169. The van der Waals surface area contributed by atoms with Crippen molar-refractivity contribution < 1.29 is 31.1 Å². The number of carbonyl (C=O) groups is 1. The van der Waals surface area contributed by atoms with Gasteiger partial charge in [0, 0.05) is 15.4 Å². The van der Waals surface area contributed by atoms with Gasteiger partial charge in [0.25, 0.3) is 10.0 Å². The van der Waals surface area contributed by atoms with Crippen LogP contribution in [0.15, 0.2) is 55.0 Å². The monoisotopic (exact) mass is 554 g/mol. The smallest absolute Gasteiger partial charge is 0.474 e. The van der Waals surface area contributed by atoms with E-state index in [-0.39, 0.29) is 9.79 Å². The van der Waals surface area contributed by atoms with Crippen molar-refractivity contribution in [2.45, 2.75) is 42.8 Å². The normalized spacial score (nSPS) is 13.3. The first-order valence-corrected chi connectivity index (χ1v) is 13.0. The lowest BCUT2D eigenvalue weighted by Crippen LogP contribution is -2.37. The molecule has 2 aromatic carbocycles. The molecule has 1 amide bonds. The highest BCUT2D eigenvalue weighted by Crippen LogP contribution is 2.33. The number of aryl methyl sites for hydroxylation is 1. The van der Waals surface area contributed by atoms with Crippen LogP contribution in [0.4, 0.5) is 18.9 Å². The maximum absolute atomic E-state index is 13.6. The van der Waals surface area contributed by atoms with Gasteiger partial charge in [-0.3, -0.25) is 9.10 Å². The van der Waals surface area contributed by atoms with Crippen LogP contribution in [0.1, 0.15) is 19.4 Å². The van der Waals surface area contributed by atoms with Crippen molar-refractivity contribution >= 4 is 48.2 Å². The second-order valence-corrected chi connectivity index (χ2v) is 11.3. The van der Waals surface area contributed by atoms with Crippen LogP contribution < -0.4 is 9.04 Å². The Kier molecular flexibility index (Phi) is 8.16. The number of amides is 1. The van der Waals surface area contributed by atoms with Crippen LogP contribution in [0.25, 0.3) is 0 Å². The zero-order valence-corrected chi connectivity index (χ0v) is 21.1. The maximum atomic E-state index is 13.6. The van der Waals surface area contributed by atoms with E-state index < -0.39 is 38.8 Å². The van der Waals surface area contributed by atoms with E-state index in [1.807, 2.05) is 0 Å². The highest BCUT2D eigenvalue weighted by Gasteiger charge is 2.39. The molecule has 0 aliphatic carbocycles. The number of methoxy groups -OCH3 is 1. The molecule has 0 heterocycles. The Morgan fingerprint density at radius 1 is 1.19 bits per heavy atom. The summed E-state index contributed by atoms with van der Waals surface area (Å²) in [6, 6.07) is 8.52. The Morgan fingerprint density at radius 2 is 1.81 bits per heavy atom. The Bertz CT molecular complexity index is 1170. The number of carbonyl (C=O) groups excluding carboxylic acids is 1. The minimum absolute atomic E-state index is 0.131. The minimum Gasteiger partial charge on any atom is -0.497 e. The zero-order chi connectivity index (χ0) is 24.4. The minimum atomic E-state index is -5.10. The molecule has 1 unspecified atom stereocenters. The van der Waals surface area contributed by atoms with Crippen molar-refractivity contribution in [2.24, 2.45) is 4.36 Å². The van der Waals surface area contributed by atoms with Gasteiger partial charge in [-0.05, 0) is 84.9 Å². The summed E-state index contributed by atoms with van der Waals surface area (Å²) in [5.41, 5.74) is 1.11. The number of rotatable bonds is 6. The van der Waals surface area contributed by atoms with Gasteiger partial charge in [-0.25, -0.2) is 8.42 Å². The van der Waals surface area contributed by atoms with Gasteiger partial charge in [0.2, 0.25) is 0 Å². The third-order valence-corrected chi connectivity index (χ3v) is 8.70. The molecule has 2 rings (SSSR count). The fourth-order valence-corrected chi connectivity index (χ4v) is 6.77. The average Bonchev–Trinajstić information content (AvgIpc) is 2.68. The first-order chi connectivity index (χ1) is 14.7. The number of halogens is 4. The summed E-state index contributed by atoms with van der Waals surface area (Å²) in [6.45, 7) is 5.17. The van der Waals surface area contributed by atoms with Gasteiger partial charge in [0.1, 0.15) is 5.75 Å². The summed E-state index contributed by atoms with van der Waals surface area (Å²) in [5.74, 6) is -1.65. The predicted molar refractivity (Wildman–Crippen MR) is 122 cm³/mol. The van der Waals surface area contributed by atoms with Crippen LogP contribution in [0.2, 0.25) is 0 Å². The van der Waals surface area contributed by atoms with E-state index in [0.717, 1.165) is 0 Å². The van der Waals surface area contributed by atoms with E-state index in [1.54, 1.807) is 39.0 Å². The Hall–Kier alpha value is -1.92. The van der Waals surface area contributed by atoms with Crippen molar-refractivity contribution in [3.05, 3.63) is 46.4 Å². The highest BCUT2D eigenvalue weighted by atomic mass is 79.9. The molecule has 0 aromatic heterocycles. The highest BCUT2D eigenvalue weighted by molar-refractivity contribution is 9.10. The van der Waals surface area contributed by atoms with E-state index >= 15 is 0 Å². The molecular formula is C20H22BrF3N2O4S2. The molecule has 0 aliphatic heterocycles. The van der Waals surface area contributed by atoms with Crippen LogP contribution >= 0.6 is 15.9 Å². The first-order valence-electron chi connectivity index (χ1n) is 9.17. The molecule has 0 saturated carbocycles. The van der Waals surface area contributed by atoms with Gasteiger partial charge < -0.3 is 4.74 Å². The molecule has 0 radical (unpaired) electrons. The molecule has 0 bridgehead atoms. The van der Waals surface area contributed by atoms with Gasteiger partial charge in [-0.1, -0.05) is 10.7 Å². The van der Waals surface area contributed by atoms with Crippen molar-refractivity contribution in [3.63, 3.8) is 0 Å². The molecule has 1 atom stereocenters. The van der Waals surface area contributed by atoms with Crippen LogP contribution in [-0.2, 0) is 25.5 Å². The number of ether oxygens (including phenoxy) is 1. The van der Waals surface area contributed by atoms with Gasteiger partial charge in [0.15, 0.2) is 0 Å². The number of hydrogen-bond acceptors (Lipinski definition) is 4. The molecule has 32 heavy (non-hydrogen) atoms. The average molecular weight is 555 g/mol. The van der Waals surface area contributed by atoms with E-state index in [9.17, 15) is 26.4 Å². The molecule has 12 heteroatoms. The first kappa shape index (κ1) is 26.3. The van der Waals surface area contributed by atoms with Crippen molar-refractivity contribution in [3.8, 4) is 5.75 Å². The molecule has 0 spiro atoms. The molecule has 0 aliphatic rings. The SMILES string of the molecule is COc1ccc(N(C(C)C)S(=O)(=O)c2ccc(Br)c(/S(C)=N/C(=O)C(F)(F)F)c2)c(C)c1. The summed E-state index contributed by atoms with van der Waals surface area (Å²) in [6.07, 6.45) is -3.79. The predicted octanol–water partition coefficient (Wildman–Crippen LogP) is 5.25. The van der Waals surface area contributed by atoms with Crippen LogP contribution in [0.3, 0.4) is 0 Å². The largest absolute Gasteiger partial charge is 0.497 e. The third kappa shape index (κ3) is 5.70. The second kappa shape index (κ2) is 9.92. The second-order valence-electron chi connectivity index (χ2n) is 7.01. The fourth-order valence-electron chi connectivity index (χ4n) is 2.90. The summed E-state index contributed by atoms with van der Waals surface area (Å²) in [7, 11) is -4.13. The summed E-state index contributed by atoms with van der Waals surface area (Å²) in [4.78, 5) is 11.3. The maximum Gasteiger partial charge on any atom is 0.474 e. The van der Waals surface area contributed by atoms with E-state index in [2.05, 4.69) is 20.3 Å². The fraction of sp³-hybridized carbons (Fsp3) is 0.350. The Balaban J connectivity index is 2.61. The van der Waals surface area contributed by atoms with Gasteiger partial charge in [-0.15, -0.1) is 0 Å². The molecule has 0 N–H and O–H groups in total. The summed E-state index contributed by atoms with van der Waals surface area (Å²) < 4.78 is 74.9. The molecule has 6 nitrogen and oxygen atoms in total. The van der Waals surface area contributed by atoms with Crippen LogP contribution in [0.5, 0.6) is 5.75 Å². The topological polar surface area (TPSA) is 76.0 Å². The number of benzene rings is 2.